The topological polar surface area (TPSA) is 46.6 Å². The third kappa shape index (κ3) is 6.48. The molecular weight excluding hydrogens is 434 g/mol. The molecule has 2 atom stereocenters. The van der Waals surface area contributed by atoms with Crippen LogP contribution in [0.2, 0.25) is 0 Å². The highest BCUT2D eigenvalue weighted by molar-refractivity contribution is 5.84. The fraction of sp³-hybridized carbons (Fsp3) is 0.290. The van der Waals surface area contributed by atoms with Gasteiger partial charge in [0.05, 0.1) is 0 Å². The van der Waals surface area contributed by atoms with Gasteiger partial charge in [0.25, 0.3) is 0 Å². The zero-order valence-electron chi connectivity index (χ0n) is 20.3. The Morgan fingerprint density at radius 1 is 0.886 bits per heavy atom. The first-order valence-electron chi connectivity index (χ1n) is 12.5. The Labute approximate surface area is 208 Å². The van der Waals surface area contributed by atoms with Crippen molar-refractivity contribution in [3.05, 3.63) is 103 Å². The molecule has 4 rings (SSSR count). The van der Waals surface area contributed by atoms with Gasteiger partial charge in [-0.3, -0.25) is 9.59 Å². The minimum atomic E-state index is -0.228. The summed E-state index contributed by atoms with van der Waals surface area (Å²) < 4.78 is 5.59. The van der Waals surface area contributed by atoms with Crippen LogP contribution in [-0.4, -0.2) is 11.8 Å². The van der Waals surface area contributed by atoms with E-state index in [0.717, 1.165) is 41.9 Å². The lowest BCUT2D eigenvalue weighted by atomic mass is 9.89. The Bertz CT molecular complexity index is 1080. The van der Waals surface area contributed by atoms with E-state index < -0.39 is 0 Å². The number of Topliss-reactive ketones (excluding diaryl/α,β-unsaturated/α-hetero) is 1. The molecule has 3 aromatic rings. The molecule has 180 valence electrons. The van der Waals surface area contributed by atoms with Gasteiger partial charge in [-0.15, -0.1) is 0 Å². The van der Waals surface area contributed by atoms with Crippen molar-refractivity contribution in [3.63, 3.8) is 0 Å². The largest absolute Gasteiger partial charge is 0.461 e. The summed E-state index contributed by atoms with van der Waals surface area (Å²) in [5, 5.41) is 0. The van der Waals surface area contributed by atoms with Gasteiger partial charge in [-0.25, -0.2) is 0 Å². The van der Waals surface area contributed by atoms with E-state index in [4.69, 9.17) is 4.74 Å². The van der Waals surface area contributed by atoms with Crippen LogP contribution in [0.3, 0.4) is 0 Å². The Balaban J connectivity index is 1.38. The van der Waals surface area contributed by atoms with Gasteiger partial charge in [0.15, 0.2) is 0 Å². The van der Waals surface area contributed by atoms with Crippen molar-refractivity contribution >= 4 is 28.8 Å². The second-order valence-electron chi connectivity index (χ2n) is 9.02. The molecule has 0 spiro atoms. The average molecular weight is 468 g/mol. The molecule has 3 aromatic carbocycles. The molecule has 0 aliphatic heterocycles. The standard InChI is InChI=1S/C31H33NO3/c1-2-3-6-15-29-25(18-21-30(29)33)22-31(34)35-23-24-16-19-28(20-17-24)32(26-11-7-4-8-12-26)27-13-9-5-10-14-27/h3-14,16-17,19-20,25,29H,2,15,18,21-23H2,1H3. The van der Waals surface area contributed by atoms with Gasteiger partial charge in [0, 0.05) is 35.8 Å². The maximum Gasteiger partial charge on any atom is 0.306 e. The number of carbonyl (C=O) groups excluding carboxylic acids is 2. The van der Waals surface area contributed by atoms with Gasteiger partial charge < -0.3 is 9.64 Å². The molecule has 0 N–H and O–H groups in total. The van der Waals surface area contributed by atoms with E-state index in [2.05, 4.69) is 60.4 Å². The number of anilines is 3. The summed E-state index contributed by atoms with van der Waals surface area (Å²) >= 11 is 0. The monoisotopic (exact) mass is 467 g/mol. The molecule has 2 unspecified atom stereocenters. The molecular formula is C31H33NO3. The predicted molar refractivity (Wildman–Crippen MR) is 141 cm³/mol. The van der Waals surface area contributed by atoms with Gasteiger partial charge in [-0.05, 0) is 67.1 Å². The first-order valence-corrected chi connectivity index (χ1v) is 12.5. The number of ketones is 1. The SMILES string of the molecule is CCC=CCC1C(=O)CCC1CC(=O)OCc1ccc(N(c2ccccc2)c2ccccc2)cc1. The predicted octanol–water partition coefficient (Wildman–Crippen LogP) is 7.54. The van der Waals surface area contributed by atoms with E-state index in [-0.39, 0.29) is 30.2 Å². The van der Waals surface area contributed by atoms with Crippen molar-refractivity contribution in [2.24, 2.45) is 11.8 Å². The second-order valence-corrected chi connectivity index (χ2v) is 9.02. The van der Waals surface area contributed by atoms with Crippen molar-refractivity contribution in [3.8, 4) is 0 Å². The number of benzene rings is 3. The molecule has 1 aliphatic rings. The quantitative estimate of drug-likeness (QED) is 0.228. The van der Waals surface area contributed by atoms with Gasteiger partial charge in [0.2, 0.25) is 0 Å². The third-order valence-electron chi connectivity index (χ3n) is 6.59. The highest BCUT2D eigenvalue weighted by atomic mass is 16.5. The minimum Gasteiger partial charge on any atom is -0.461 e. The summed E-state index contributed by atoms with van der Waals surface area (Å²) in [5.41, 5.74) is 4.12. The van der Waals surface area contributed by atoms with Crippen LogP contribution in [0.25, 0.3) is 0 Å². The number of carbonyl (C=O) groups is 2. The van der Waals surface area contributed by atoms with Crippen molar-refractivity contribution in [1.82, 2.24) is 0 Å². The van der Waals surface area contributed by atoms with Crippen LogP contribution in [0.1, 0.15) is 44.6 Å². The van der Waals surface area contributed by atoms with Gasteiger partial charge in [0.1, 0.15) is 12.4 Å². The summed E-state index contributed by atoms with van der Waals surface area (Å²) in [6, 6.07) is 28.6. The first kappa shape index (κ1) is 24.5. The zero-order chi connectivity index (χ0) is 24.5. The highest BCUT2D eigenvalue weighted by Crippen LogP contribution is 2.35. The summed E-state index contributed by atoms with van der Waals surface area (Å²) in [7, 11) is 0. The first-order chi connectivity index (χ1) is 17.2. The molecule has 0 heterocycles. The van der Waals surface area contributed by atoms with E-state index in [1.54, 1.807) is 0 Å². The summed E-state index contributed by atoms with van der Waals surface area (Å²) in [6.45, 7) is 2.31. The normalized spacial score (nSPS) is 17.6. The fourth-order valence-corrected chi connectivity index (χ4v) is 4.73. The van der Waals surface area contributed by atoms with E-state index in [1.165, 1.54) is 0 Å². The van der Waals surface area contributed by atoms with Crippen LogP contribution >= 0.6 is 0 Å². The van der Waals surface area contributed by atoms with Crippen molar-refractivity contribution in [1.29, 1.82) is 0 Å². The Morgan fingerprint density at radius 2 is 1.49 bits per heavy atom. The Kier molecular flexibility index (Phi) is 8.50. The summed E-state index contributed by atoms with van der Waals surface area (Å²) in [4.78, 5) is 27.0. The lowest BCUT2D eigenvalue weighted by molar-refractivity contribution is -0.146. The molecule has 0 aromatic heterocycles. The lowest BCUT2D eigenvalue weighted by Crippen LogP contribution is -2.18. The van der Waals surface area contributed by atoms with E-state index in [9.17, 15) is 9.59 Å². The molecule has 35 heavy (non-hydrogen) atoms. The van der Waals surface area contributed by atoms with Crippen LogP contribution in [0.5, 0.6) is 0 Å². The van der Waals surface area contributed by atoms with Gasteiger partial charge in [-0.1, -0.05) is 67.6 Å². The van der Waals surface area contributed by atoms with Crippen molar-refractivity contribution in [2.45, 2.75) is 45.6 Å². The number of esters is 1. The smallest absolute Gasteiger partial charge is 0.306 e. The molecule has 4 nitrogen and oxygen atoms in total. The highest BCUT2D eigenvalue weighted by Gasteiger charge is 2.35. The summed E-state index contributed by atoms with van der Waals surface area (Å²) in [5.74, 6) is 0.0877. The van der Waals surface area contributed by atoms with E-state index in [1.807, 2.05) is 48.5 Å². The van der Waals surface area contributed by atoms with E-state index >= 15 is 0 Å². The van der Waals surface area contributed by atoms with Crippen LogP contribution in [0.4, 0.5) is 17.1 Å². The summed E-state index contributed by atoms with van der Waals surface area (Å²) in [6.07, 6.45) is 7.51. The van der Waals surface area contributed by atoms with Crippen LogP contribution in [0.15, 0.2) is 97.1 Å². The molecule has 0 bridgehead atoms. The molecule has 1 aliphatic carbocycles. The number of hydrogen-bond acceptors (Lipinski definition) is 4. The molecule has 0 saturated heterocycles. The van der Waals surface area contributed by atoms with Crippen LogP contribution in [-0.2, 0) is 20.9 Å². The minimum absolute atomic E-state index is 0.0495. The van der Waals surface area contributed by atoms with Crippen LogP contribution in [0, 0.1) is 11.8 Å². The second kappa shape index (κ2) is 12.2. The van der Waals surface area contributed by atoms with E-state index in [0.29, 0.717) is 12.8 Å². The zero-order valence-corrected chi connectivity index (χ0v) is 20.3. The van der Waals surface area contributed by atoms with Gasteiger partial charge in [-0.2, -0.15) is 0 Å². The Hall–Kier alpha value is -3.66. The van der Waals surface area contributed by atoms with Crippen LogP contribution < -0.4 is 4.90 Å². The molecule has 1 fully saturated rings. The number of para-hydroxylation sites is 2. The molecule has 0 amide bonds. The third-order valence-corrected chi connectivity index (χ3v) is 6.59. The average Bonchev–Trinajstić information content (AvgIpc) is 3.24. The maximum atomic E-state index is 12.5. The van der Waals surface area contributed by atoms with Crippen molar-refractivity contribution < 1.29 is 14.3 Å². The number of hydrogen-bond donors (Lipinski definition) is 0. The fourth-order valence-electron chi connectivity index (χ4n) is 4.73. The number of rotatable bonds is 10. The number of allylic oxidation sites excluding steroid dienone is 2. The number of nitrogens with zero attached hydrogens (tertiary/aromatic N) is 1. The molecule has 4 heteroatoms. The molecule has 1 saturated carbocycles. The molecule has 0 radical (unpaired) electrons. The maximum absolute atomic E-state index is 12.5. The van der Waals surface area contributed by atoms with Crippen molar-refractivity contribution in [2.75, 3.05) is 4.90 Å². The Morgan fingerprint density at radius 3 is 2.09 bits per heavy atom. The lowest BCUT2D eigenvalue weighted by Gasteiger charge is -2.25. The number of ether oxygens (including phenoxy) is 1. The van der Waals surface area contributed by atoms with Gasteiger partial charge >= 0.3 is 5.97 Å².